The molecule has 1 rings (SSSR count). The van der Waals surface area contributed by atoms with Crippen molar-refractivity contribution in [1.82, 2.24) is 0 Å². The minimum atomic E-state index is -0.830. The maximum atomic E-state index is 11.0. The average Bonchev–Trinajstić information content (AvgIpc) is 2.28. The quantitative estimate of drug-likeness (QED) is 0.834. The molecule has 0 aromatic heterocycles. The number of carbonyl (C=O) groups is 1. The van der Waals surface area contributed by atoms with Gasteiger partial charge >= 0.3 is 5.97 Å². The number of nitrogens with one attached hydrogen (secondary N) is 1. The lowest BCUT2D eigenvalue weighted by Crippen LogP contribution is -2.27. The van der Waals surface area contributed by atoms with E-state index < -0.39 is 12.0 Å². The fourth-order valence-corrected chi connectivity index (χ4v) is 2.00. The first kappa shape index (κ1) is 14.6. The van der Waals surface area contributed by atoms with Crippen molar-refractivity contribution in [2.45, 2.75) is 52.5 Å². The summed E-state index contributed by atoms with van der Waals surface area (Å²) in [6.07, 6.45) is 0. The van der Waals surface area contributed by atoms with Crippen LogP contribution in [0.4, 0.5) is 5.69 Å². The molecule has 0 aliphatic carbocycles. The first-order valence-corrected chi connectivity index (χ1v) is 6.46. The summed E-state index contributed by atoms with van der Waals surface area (Å²) in [5.41, 5.74) is 3.33. The van der Waals surface area contributed by atoms with E-state index in [4.69, 9.17) is 5.11 Å². The van der Waals surface area contributed by atoms with Crippen molar-refractivity contribution in [2.24, 2.45) is 0 Å². The zero-order valence-electron chi connectivity index (χ0n) is 11.8. The second-order valence-electron chi connectivity index (χ2n) is 5.33. The second-order valence-corrected chi connectivity index (χ2v) is 5.33. The monoisotopic (exact) mass is 249 g/mol. The third kappa shape index (κ3) is 3.25. The van der Waals surface area contributed by atoms with Gasteiger partial charge in [0.05, 0.1) is 0 Å². The van der Waals surface area contributed by atoms with Crippen LogP contribution in [0, 0.1) is 0 Å². The molecular formula is C15H23NO2. The first-order valence-electron chi connectivity index (χ1n) is 6.46. The van der Waals surface area contributed by atoms with Crippen LogP contribution >= 0.6 is 0 Å². The van der Waals surface area contributed by atoms with Gasteiger partial charge in [-0.1, -0.05) is 45.9 Å². The van der Waals surface area contributed by atoms with Crippen molar-refractivity contribution < 1.29 is 9.90 Å². The summed E-state index contributed by atoms with van der Waals surface area (Å²) in [5, 5.41) is 12.2. The van der Waals surface area contributed by atoms with Gasteiger partial charge in [0, 0.05) is 5.69 Å². The Labute approximate surface area is 109 Å². The fourth-order valence-electron chi connectivity index (χ4n) is 2.00. The summed E-state index contributed by atoms with van der Waals surface area (Å²) in [5.74, 6) is -0.0948. The molecule has 0 heterocycles. The molecule has 18 heavy (non-hydrogen) atoms. The van der Waals surface area contributed by atoms with Crippen LogP contribution in [0.3, 0.4) is 0 Å². The van der Waals surface area contributed by atoms with E-state index in [0.717, 1.165) is 5.69 Å². The predicted octanol–water partition coefficient (Wildman–Crippen LogP) is 3.82. The largest absolute Gasteiger partial charge is 0.480 e. The van der Waals surface area contributed by atoms with E-state index in [9.17, 15) is 4.79 Å². The van der Waals surface area contributed by atoms with Crippen LogP contribution in [0.15, 0.2) is 18.2 Å². The lowest BCUT2D eigenvalue weighted by atomic mass is 9.92. The zero-order valence-corrected chi connectivity index (χ0v) is 11.8. The van der Waals surface area contributed by atoms with Crippen LogP contribution in [-0.2, 0) is 4.79 Å². The van der Waals surface area contributed by atoms with Gasteiger partial charge in [0.2, 0.25) is 0 Å². The molecule has 3 heteroatoms. The average molecular weight is 249 g/mol. The van der Waals surface area contributed by atoms with Gasteiger partial charge in [0.15, 0.2) is 0 Å². The molecule has 1 atom stereocenters. The van der Waals surface area contributed by atoms with Gasteiger partial charge in [-0.3, -0.25) is 4.79 Å². The molecular weight excluding hydrogens is 226 g/mol. The molecule has 100 valence electrons. The standard InChI is InChI=1S/C15H23NO2/c1-9(2)12-7-6-8-13(10(3)4)14(12)16-11(5)15(17)18/h6-11,16H,1-5H3,(H,17,18)/t11-/m0/s1. The lowest BCUT2D eigenvalue weighted by Gasteiger charge is -2.22. The van der Waals surface area contributed by atoms with E-state index in [1.807, 2.05) is 6.07 Å². The Kier molecular flexibility index (Phi) is 4.76. The summed E-state index contributed by atoms with van der Waals surface area (Å²) >= 11 is 0. The van der Waals surface area contributed by atoms with E-state index in [-0.39, 0.29) is 0 Å². The van der Waals surface area contributed by atoms with Crippen molar-refractivity contribution in [2.75, 3.05) is 5.32 Å². The molecule has 0 aliphatic rings. The Hall–Kier alpha value is -1.51. The molecule has 0 unspecified atom stereocenters. The number of carboxylic acid groups (broad SMARTS) is 1. The highest BCUT2D eigenvalue weighted by molar-refractivity contribution is 5.78. The summed E-state index contributed by atoms with van der Waals surface area (Å²) < 4.78 is 0. The van der Waals surface area contributed by atoms with E-state index in [0.29, 0.717) is 11.8 Å². The molecule has 2 N–H and O–H groups in total. The van der Waals surface area contributed by atoms with Crippen LogP contribution in [0.1, 0.15) is 57.6 Å². The zero-order chi connectivity index (χ0) is 13.9. The molecule has 0 bridgehead atoms. The van der Waals surface area contributed by atoms with Crippen molar-refractivity contribution in [3.8, 4) is 0 Å². The maximum absolute atomic E-state index is 11.0. The first-order chi connectivity index (χ1) is 8.34. The van der Waals surface area contributed by atoms with Crippen LogP contribution in [0.25, 0.3) is 0 Å². The highest BCUT2D eigenvalue weighted by Crippen LogP contribution is 2.32. The Morgan fingerprint density at radius 1 is 1.06 bits per heavy atom. The summed E-state index contributed by atoms with van der Waals surface area (Å²) in [6.45, 7) is 10.2. The van der Waals surface area contributed by atoms with E-state index >= 15 is 0 Å². The van der Waals surface area contributed by atoms with Gasteiger partial charge in [-0.2, -0.15) is 0 Å². The number of anilines is 1. The smallest absolute Gasteiger partial charge is 0.325 e. The normalized spacial score (nSPS) is 12.8. The number of hydrogen-bond acceptors (Lipinski definition) is 2. The predicted molar refractivity (Wildman–Crippen MR) is 75.3 cm³/mol. The third-order valence-electron chi connectivity index (χ3n) is 3.10. The Morgan fingerprint density at radius 3 is 1.83 bits per heavy atom. The molecule has 0 saturated heterocycles. The number of benzene rings is 1. The van der Waals surface area contributed by atoms with Crippen molar-refractivity contribution in [3.63, 3.8) is 0 Å². The maximum Gasteiger partial charge on any atom is 0.325 e. The van der Waals surface area contributed by atoms with Crippen molar-refractivity contribution in [3.05, 3.63) is 29.3 Å². The van der Waals surface area contributed by atoms with Gasteiger partial charge in [0.25, 0.3) is 0 Å². The van der Waals surface area contributed by atoms with Gasteiger partial charge < -0.3 is 10.4 Å². The van der Waals surface area contributed by atoms with Gasteiger partial charge in [0.1, 0.15) is 6.04 Å². The number of rotatable bonds is 5. The number of aliphatic carboxylic acids is 1. The van der Waals surface area contributed by atoms with E-state index in [2.05, 4.69) is 45.1 Å². The van der Waals surface area contributed by atoms with Gasteiger partial charge in [-0.25, -0.2) is 0 Å². The van der Waals surface area contributed by atoms with Crippen LogP contribution in [0.2, 0.25) is 0 Å². The van der Waals surface area contributed by atoms with E-state index in [1.54, 1.807) is 6.92 Å². The van der Waals surface area contributed by atoms with Crippen LogP contribution in [0.5, 0.6) is 0 Å². The van der Waals surface area contributed by atoms with Crippen LogP contribution in [-0.4, -0.2) is 17.1 Å². The molecule has 0 radical (unpaired) electrons. The molecule has 0 spiro atoms. The topological polar surface area (TPSA) is 49.3 Å². The summed E-state index contributed by atoms with van der Waals surface area (Å²) in [7, 11) is 0. The van der Waals surface area contributed by atoms with Gasteiger partial charge in [-0.15, -0.1) is 0 Å². The fraction of sp³-hybridized carbons (Fsp3) is 0.533. The summed E-state index contributed by atoms with van der Waals surface area (Å²) in [4.78, 5) is 11.0. The highest BCUT2D eigenvalue weighted by Gasteiger charge is 2.18. The molecule has 0 aliphatic heterocycles. The SMILES string of the molecule is CC(C)c1cccc(C(C)C)c1N[C@@H](C)C(=O)O. The Balaban J connectivity index is 3.22. The molecule has 1 aromatic rings. The molecule has 0 saturated carbocycles. The number of hydrogen-bond donors (Lipinski definition) is 2. The van der Waals surface area contributed by atoms with Crippen molar-refractivity contribution >= 4 is 11.7 Å². The second kappa shape index (κ2) is 5.89. The molecule has 1 aromatic carbocycles. The number of para-hydroxylation sites is 1. The Bertz CT molecular complexity index is 398. The van der Waals surface area contributed by atoms with Crippen LogP contribution < -0.4 is 5.32 Å². The van der Waals surface area contributed by atoms with E-state index in [1.165, 1.54) is 11.1 Å². The molecule has 0 amide bonds. The minimum Gasteiger partial charge on any atom is -0.480 e. The highest BCUT2D eigenvalue weighted by atomic mass is 16.4. The Morgan fingerprint density at radius 2 is 1.50 bits per heavy atom. The summed E-state index contributed by atoms with van der Waals surface area (Å²) in [6, 6.07) is 5.59. The van der Waals surface area contributed by atoms with Crippen molar-refractivity contribution in [1.29, 1.82) is 0 Å². The molecule has 0 fully saturated rings. The number of carboxylic acids is 1. The lowest BCUT2D eigenvalue weighted by molar-refractivity contribution is -0.137. The van der Waals surface area contributed by atoms with Gasteiger partial charge in [-0.05, 0) is 29.9 Å². The minimum absolute atomic E-state index is 0.368. The molecule has 3 nitrogen and oxygen atoms in total. The third-order valence-corrected chi connectivity index (χ3v) is 3.10.